The molecule has 1 N–H and O–H groups in total. The van der Waals surface area contributed by atoms with Crippen molar-refractivity contribution in [2.45, 2.75) is 39.3 Å². The molecule has 0 aliphatic carbocycles. The van der Waals surface area contributed by atoms with Crippen LogP contribution < -0.4 is 5.32 Å². The van der Waals surface area contributed by atoms with Crippen LogP contribution in [0, 0.1) is 0 Å². The van der Waals surface area contributed by atoms with E-state index in [0.29, 0.717) is 6.04 Å². The van der Waals surface area contributed by atoms with Crippen molar-refractivity contribution >= 4 is 0 Å². The molecule has 0 bridgehead atoms. The first kappa shape index (κ1) is 12.3. The Balaban J connectivity index is 2.16. The predicted molar refractivity (Wildman–Crippen MR) is 61.0 cm³/mol. The van der Waals surface area contributed by atoms with E-state index in [4.69, 9.17) is 9.15 Å². The summed E-state index contributed by atoms with van der Waals surface area (Å²) in [6.07, 6.45) is 2.91. The molecule has 86 valence electrons. The molecule has 0 aliphatic heterocycles. The second-order valence-corrected chi connectivity index (χ2v) is 3.86. The van der Waals surface area contributed by atoms with Gasteiger partial charge in [0.1, 0.15) is 5.76 Å². The molecule has 2 atom stereocenters. The van der Waals surface area contributed by atoms with Crippen LogP contribution in [0.2, 0.25) is 0 Å². The monoisotopic (exact) mass is 211 g/mol. The minimum atomic E-state index is 0.272. The molecule has 0 saturated carbocycles. The van der Waals surface area contributed by atoms with E-state index in [0.717, 1.165) is 25.3 Å². The molecule has 1 aromatic heterocycles. The Hall–Kier alpha value is -0.800. The van der Waals surface area contributed by atoms with Gasteiger partial charge in [-0.2, -0.15) is 0 Å². The van der Waals surface area contributed by atoms with E-state index >= 15 is 0 Å². The summed E-state index contributed by atoms with van der Waals surface area (Å²) in [5, 5.41) is 3.42. The Labute approximate surface area is 91.8 Å². The third kappa shape index (κ3) is 5.00. The molecule has 2 unspecified atom stereocenters. The summed E-state index contributed by atoms with van der Waals surface area (Å²) >= 11 is 0. The van der Waals surface area contributed by atoms with Crippen molar-refractivity contribution < 1.29 is 9.15 Å². The van der Waals surface area contributed by atoms with Gasteiger partial charge in [0.25, 0.3) is 0 Å². The van der Waals surface area contributed by atoms with Crippen LogP contribution in [0.15, 0.2) is 22.8 Å². The van der Waals surface area contributed by atoms with E-state index in [1.807, 2.05) is 19.1 Å². The van der Waals surface area contributed by atoms with Crippen molar-refractivity contribution in [1.82, 2.24) is 5.32 Å². The van der Waals surface area contributed by atoms with E-state index in [1.165, 1.54) is 0 Å². The van der Waals surface area contributed by atoms with Crippen molar-refractivity contribution in [2.75, 3.05) is 13.2 Å². The average Bonchev–Trinajstić information content (AvgIpc) is 2.68. The molecule has 0 aromatic carbocycles. The lowest BCUT2D eigenvalue weighted by Gasteiger charge is -2.16. The number of furan rings is 1. The fourth-order valence-electron chi connectivity index (χ4n) is 1.51. The van der Waals surface area contributed by atoms with Crippen molar-refractivity contribution in [1.29, 1.82) is 0 Å². The number of ether oxygens (including phenoxy) is 1. The first-order chi connectivity index (χ1) is 7.22. The van der Waals surface area contributed by atoms with Crippen LogP contribution in [0.4, 0.5) is 0 Å². The Morgan fingerprint density at radius 3 is 2.87 bits per heavy atom. The number of rotatable bonds is 7. The van der Waals surface area contributed by atoms with Gasteiger partial charge >= 0.3 is 0 Å². The summed E-state index contributed by atoms with van der Waals surface area (Å²) in [6, 6.07) is 4.34. The molecule has 0 amide bonds. The predicted octanol–water partition coefficient (Wildman–Crippen LogP) is 2.23. The average molecular weight is 211 g/mol. The Kier molecular flexibility index (Phi) is 5.43. The van der Waals surface area contributed by atoms with Crippen LogP contribution in [0.25, 0.3) is 0 Å². The van der Waals surface area contributed by atoms with E-state index in [2.05, 4.69) is 19.2 Å². The van der Waals surface area contributed by atoms with Gasteiger partial charge in [0, 0.05) is 25.6 Å². The lowest BCUT2D eigenvalue weighted by atomic mass is 10.2. The van der Waals surface area contributed by atoms with Gasteiger partial charge in [-0.25, -0.2) is 0 Å². The second-order valence-electron chi connectivity index (χ2n) is 3.86. The highest BCUT2D eigenvalue weighted by Gasteiger charge is 2.07. The Bertz CT molecular complexity index is 246. The molecular formula is C12H21NO2. The summed E-state index contributed by atoms with van der Waals surface area (Å²) < 4.78 is 10.7. The van der Waals surface area contributed by atoms with Crippen LogP contribution in [0.1, 0.15) is 26.5 Å². The number of hydrogen-bond donors (Lipinski definition) is 1. The molecule has 0 saturated heterocycles. The normalized spacial score (nSPS) is 15.1. The quantitative estimate of drug-likeness (QED) is 0.751. The van der Waals surface area contributed by atoms with E-state index in [-0.39, 0.29) is 6.10 Å². The standard InChI is InChI=1S/C12H21NO2/c1-4-14-11(3)9-13-10(2)8-12-6-5-7-15-12/h5-7,10-11,13H,4,8-9H2,1-3H3. The number of nitrogens with one attached hydrogen (secondary N) is 1. The van der Waals surface area contributed by atoms with Crippen LogP contribution >= 0.6 is 0 Å². The van der Waals surface area contributed by atoms with Gasteiger partial charge in [0.05, 0.1) is 12.4 Å². The smallest absolute Gasteiger partial charge is 0.105 e. The zero-order valence-corrected chi connectivity index (χ0v) is 9.82. The first-order valence-electron chi connectivity index (χ1n) is 5.59. The zero-order valence-electron chi connectivity index (χ0n) is 9.82. The summed E-state index contributed by atoms with van der Waals surface area (Å²) in [5.41, 5.74) is 0. The third-order valence-corrected chi connectivity index (χ3v) is 2.29. The van der Waals surface area contributed by atoms with Gasteiger partial charge in [-0.05, 0) is 32.9 Å². The summed E-state index contributed by atoms with van der Waals surface area (Å²) in [6.45, 7) is 7.91. The fourth-order valence-corrected chi connectivity index (χ4v) is 1.51. The molecule has 0 aliphatic rings. The summed E-state index contributed by atoms with van der Waals surface area (Å²) in [4.78, 5) is 0. The highest BCUT2D eigenvalue weighted by Crippen LogP contribution is 2.03. The molecule has 0 spiro atoms. The van der Waals surface area contributed by atoms with E-state index in [1.54, 1.807) is 6.26 Å². The lowest BCUT2D eigenvalue weighted by molar-refractivity contribution is 0.0742. The highest BCUT2D eigenvalue weighted by molar-refractivity contribution is 4.99. The SMILES string of the molecule is CCOC(C)CNC(C)Cc1ccco1. The Morgan fingerprint density at radius 2 is 2.27 bits per heavy atom. The van der Waals surface area contributed by atoms with Crippen LogP contribution in [0.3, 0.4) is 0 Å². The lowest BCUT2D eigenvalue weighted by Crippen LogP contribution is -2.34. The molecule has 1 aromatic rings. The highest BCUT2D eigenvalue weighted by atomic mass is 16.5. The second kappa shape index (κ2) is 6.64. The van der Waals surface area contributed by atoms with Gasteiger partial charge in [-0.3, -0.25) is 0 Å². The van der Waals surface area contributed by atoms with Crippen molar-refractivity contribution in [3.05, 3.63) is 24.2 Å². The summed E-state index contributed by atoms with van der Waals surface area (Å²) in [7, 11) is 0. The van der Waals surface area contributed by atoms with E-state index in [9.17, 15) is 0 Å². The van der Waals surface area contributed by atoms with E-state index < -0.39 is 0 Å². The maximum absolute atomic E-state index is 5.44. The fraction of sp³-hybridized carbons (Fsp3) is 0.667. The summed E-state index contributed by atoms with van der Waals surface area (Å²) in [5.74, 6) is 1.03. The molecule has 1 heterocycles. The Morgan fingerprint density at radius 1 is 1.47 bits per heavy atom. The molecular weight excluding hydrogens is 190 g/mol. The van der Waals surface area contributed by atoms with Crippen LogP contribution in [-0.4, -0.2) is 25.3 Å². The van der Waals surface area contributed by atoms with Gasteiger partial charge in [-0.1, -0.05) is 0 Å². The largest absolute Gasteiger partial charge is 0.469 e. The minimum Gasteiger partial charge on any atom is -0.469 e. The first-order valence-corrected chi connectivity index (χ1v) is 5.59. The van der Waals surface area contributed by atoms with Gasteiger partial charge in [0.2, 0.25) is 0 Å². The molecule has 3 nitrogen and oxygen atoms in total. The van der Waals surface area contributed by atoms with Crippen molar-refractivity contribution in [2.24, 2.45) is 0 Å². The topological polar surface area (TPSA) is 34.4 Å². The van der Waals surface area contributed by atoms with Gasteiger partial charge in [0.15, 0.2) is 0 Å². The number of hydrogen-bond acceptors (Lipinski definition) is 3. The molecule has 15 heavy (non-hydrogen) atoms. The van der Waals surface area contributed by atoms with Gasteiger partial charge in [-0.15, -0.1) is 0 Å². The molecule has 0 radical (unpaired) electrons. The van der Waals surface area contributed by atoms with Crippen LogP contribution in [0.5, 0.6) is 0 Å². The maximum Gasteiger partial charge on any atom is 0.105 e. The van der Waals surface area contributed by atoms with Crippen molar-refractivity contribution in [3.63, 3.8) is 0 Å². The van der Waals surface area contributed by atoms with Gasteiger partial charge < -0.3 is 14.5 Å². The van der Waals surface area contributed by atoms with Crippen molar-refractivity contribution in [3.8, 4) is 0 Å². The molecule has 1 rings (SSSR count). The minimum absolute atomic E-state index is 0.272. The van der Waals surface area contributed by atoms with Crippen LogP contribution in [-0.2, 0) is 11.2 Å². The zero-order chi connectivity index (χ0) is 11.1. The third-order valence-electron chi connectivity index (χ3n) is 2.29. The molecule has 3 heteroatoms. The maximum atomic E-state index is 5.44. The molecule has 0 fully saturated rings.